The Labute approximate surface area is 118 Å². The molecule has 0 heterocycles. The fraction of sp³-hybridized carbons (Fsp3) is 0.750. The van der Waals surface area contributed by atoms with E-state index in [0.717, 1.165) is 25.7 Å². The van der Waals surface area contributed by atoms with E-state index in [1.54, 1.807) is 0 Å². The maximum atomic E-state index is 11.7. The molecule has 0 radical (unpaired) electrons. The average Bonchev–Trinajstić information content (AvgIpc) is 2.32. The first kappa shape index (κ1) is 17.8. The maximum absolute atomic E-state index is 11.7. The molecule has 0 saturated carbocycles. The Morgan fingerprint density at radius 3 is 2.26 bits per heavy atom. The van der Waals surface area contributed by atoms with Gasteiger partial charge in [0.2, 0.25) is 5.91 Å². The number of carbonyl (C=O) groups is 3. The third-order valence-electron chi connectivity index (χ3n) is 2.63. The van der Waals surface area contributed by atoms with E-state index in [-0.39, 0.29) is 0 Å². The third-order valence-corrected chi connectivity index (χ3v) is 3.12. The zero-order valence-electron chi connectivity index (χ0n) is 11.0. The van der Waals surface area contributed by atoms with Crippen LogP contribution in [-0.4, -0.2) is 39.4 Å². The van der Waals surface area contributed by atoms with Crippen LogP contribution in [0.1, 0.15) is 45.4 Å². The molecule has 0 aliphatic carbocycles. The molecule has 7 heteroatoms. The number of hydrogen-bond acceptors (Lipinski definition) is 4. The maximum Gasteiger partial charge on any atom is 0.326 e. The van der Waals surface area contributed by atoms with Crippen molar-refractivity contribution in [3.05, 3.63) is 0 Å². The molecule has 3 N–H and O–H groups in total. The number of amides is 1. The van der Waals surface area contributed by atoms with E-state index in [1.807, 2.05) is 0 Å². The van der Waals surface area contributed by atoms with Crippen LogP contribution in [0.15, 0.2) is 0 Å². The van der Waals surface area contributed by atoms with Crippen molar-refractivity contribution in [1.82, 2.24) is 5.32 Å². The lowest BCUT2D eigenvalue weighted by Gasteiger charge is -2.16. The van der Waals surface area contributed by atoms with Crippen LogP contribution in [0.4, 0.5) is 0 Å². The van der Waals surface area contributed by atoms with Gasteiger partial charge >= 0.3 is 11.9 Å². The summed E-state index contributed by atoms with van der Waals surface area (Å²) in [5, 5.41) is 18.9. The molecule has 0 saturated heterocycles. The quantitative estimate of drug-likeness (QED) is 0.359. The zero-order chi connectivity index (χ0) is 14.8. The molecule has 0 aliphatic heterocycles. The van der Waals surface area contributed by atoms with Crippen molar-refractivity contribution in [2.45, 2.75) is 56.7 Å². The highest BCUT2D eigenvalue weighted by molar-refractivity contribution is 7.81. The van der Waals surface area contributed by atoms with E-state index in [1.165, 1.54) is 0 Å². The summed E-state index contributed by atoms with van der Waals surface area (Å²) in [6.07, 6.45) is 3.91. The summed E-state index contributed by atoms with van der Waals surface area (Å²) in [5.41, 5.74) is 0. The van der Waals surface area contributed by atoms with Crippen LogP contribution >= 0.6 is 12.6 Å². The van der Waals surface area contributed by atoms with Crippen molar-refractivity contribution in [2.75, 3.05) is 0 Å². The number of unbranched alkanes of at least 4 members (excludes halogenated alkanes) is 3. The highest BCUT2D eigenvalue weighted by Gasteiger charge is 2.25. The lowest BCUT2D eigenvalue weighted by atomic mass is 10.1. The molecule has 0 fully saturated rings. The van der Waals surface area contributed by atoms with Crippen molar-refractivity contribution in [3.8, 4) is 0 Å². The molecule has 1 amide bonds. The lowest BCUT2D eigenvalue weighted by Crippen LogP contribution is -2.45. The molecule has 0 aromatic rings. The normalized spacial score (nSPS) is 13.6. The molecule has 0 rings (SSSR count). The topological polar surface area (TPSA) is 104 Å². The summed E-state index contributed by atoms with van der Waals surface area (Å²) < 4.78 is 0. The Kier molecular flexibility index (Phi) is 9.03. The van der Waals surface area contributed by atoms with Gasteiger partial charge in [-0.1, -0.05) is 32.6 Å². The second-order valence-electron chi connectivity index (χ2n) is 4.36. The monoisotopic (exact) mass is 291 g/mol. The molecule has 0 aromatic heterocycles. The minimum atomic E-state index is -1.41. The van der Waals surface area contributed by atoms with E-state index in [9.17, 15) is 14.4 Å². The van der Waals surface area contributed by atoms with Crippen LogP contribution in [0.5, 0.6) is 0 Å². The van der Waals surface area contributed by atoms with Gasteiger partial charge in [-0.15, -0.1) is 0 Å². The standard InChI is InChI=1S/C12H21NO5S/c1-2-3-4-5-6-9(19)11(16)13-8(12(17)18)7-10(14)15/h8-9,19H,2-7H2,1H3,(H,13,16)(H,14,15)(H,17,18). The summed E-state index contributed by atoms with van der Waals surface area (Å²) in [7, 11) is 0. The summed E-state index contributed by atoms with van der Waals surface area (Å²) in [6, 6.07) is -1.41. The first-order valence-electron chi connectivity index (χ1n) is 6.31. The molecule has 0 bridgehead atoms. The molecule has 0 aliphatic rings. The Bertz CT molecular complexity index is 321. The van der Waals surface area contributed by atoms with E-state index < -0.39 is 35.6 Å². The molecule has 2 atom stereocenters. The largest absolute Gasteiger partial charge is 0.481 e. The number of hydrogen-bond donors (Lipinski definition) is 4. The predicted octanol–water partition coefficient (Wildman–Crippen LogP) is 1.30. The van der Waals surface area contributed by atoms with Crippen LogP contribution < -0.4 is 5.32 Å². The molecular formula is C12H21NO5S. The van der Waals surface area contributed by atoms with Crippen molar-refractivity contribution in [2.24, 2.45) is 0 Å². The molecule has 6 nitrogen and oxygen atoms in total. The van der Waals surface area contributed by atoms with E-state index in [0.29, 0.717) is 6.42 Å². The van der Waals surface area contributed by atoms with Crippen LogP contribution in [0.25, 0.3) is 0 Å². The number of carboxylic acid groups (broad SMARTS) is 2. The van der Waals surface area contributed by atoms with Gasteiger partial charge in [0.15, 0.2) is 0 Å². The van der Waals surface area contributed by atoms with Gasteiger partial charge in [0.05, 0.1) is 11.7 Å². The number of rotatable bonds is 10. The minimum absolute atomic E-state index is 0.534. The van der Waals surface area contributed by atoms with Crippen LogP contribution in [0.3, 0.4) is 0 Å². The summed E-state index contributed by atoms with van der Waals surface area (Å²) in [5.74, 6) is -3.16. The van der Waals surface area contributed by atoms with Crippen molar-refractivity contribution in [3.63, 3.8) is 0 Å². The van der Waals surface area contributed by atoms with Gasteiger partial charge < -0.3 is 15.5 Å². The summed E-state index contributed by atoms with van der Waals surface area (Å²) in [4.78, 5) is 32.9. The van der Waals surface area contributed by atoms with Crippen LogP contribution in [-0.2, 0) is 14.4 Å². The van der Waals surface area contributed by atoms with Crippen molar-refractivity contribution >= 4 is 30.5 Å². The van der Waals surface area contributed by atoms with E-state index >= 15 is 0 Å². The predicted molar refractivity (Wildman–Crippen MR) is 73.4 cm³/mol. The Balaban J connectivity index is 4.16. The van der Waals surface area contributed by atoms with Gasteiger partial charge in [-0.05, 0) is 6.42 Å². The molecular weight excluding hydrogens is 270 g/mol. The first-order valence-corrected chi connectivity index (χ1v) is 6.83. The van der Waals surface area contributed by atoms with Gasteiger partial charge in [-0.2, -0.15) is 12.6 Å². The van der Waals surface area contributed by atoms with Crippen LogP contribution in [0.2, 0.25) is 0 Å². The summed E-state index contributed by atoms with van der Waals surface area (Å²) in [6.45, 7) is 2.08. The van der Waals surface area contributed by atoms with Crippen molar-refractivity contribution < 1.29 is 24.6 Å². The number of aliphatic carboxylic acids is 2. The van der Waals surface area contributed by atoms with Gasteiger partial charge in [-0.25, -0.2) is 4.79 Å². The van der Waals surface area contributed by atoms with Gasteiger partial charge in [0.25, 0.3) is 0 Å². The lowest BCUT2D eigenvalue weighted by molar-refractivity contribution is -0.147. The van der Waals surface area contributed by atoms with E-state index in [2.05, 4.69) is 24.9 Å². The SMILES string of the molecule is CCCCCCC(S)C(=O)NC(CC(=O)O)C(=O)O. The molecule has 0 aromatic carbocycles. The number of thiol groups is 1. The highest BCUT2D eigenvalue weighted by Crippen LogP contribution is 2.10. The molecule has 110 valence electrons. The number of carboxylic acids is 2. The minimum Gasteiger partial charge on any atom is -0.481 e. The number of carbonyl (C=O) groups excluding carboxylic acids is 1. The third kappa shape index (κ3) is 8.47. The molecule has 19 heavy (non-hydrogen) atoms. The van der Waals surface area contributed by atoms with Crippen LogP contribution in [0, 0.1) is 0 Å². The van der Waals surface area contributed by atoms with Crippen molar-refractivity contribution in [1.29, 1.82) is 0 Å². The Morgan fingerprint density at radius 1 is 1.16 bits per heavy atom. The fourth-order valence-corrected chi connectivity index (χ4v) is 1.80. The average molecular weight is 291 g/mol. The Hall–Kier alpha value is -1.24. The fourth-order valence-electron chi connectivity index (χ4n) is 1.54. The second kappa shape index (κ2) is 9.66. The second-order valence-corrected chi connectivity index (χ2v) is 4.99. The zero-order valence-corrected chi connectivity index (χ0v) is 11.9. The Morgan fingerprint density at radius 2 is 1.79 bits per heavy atom. The smallest absolute Gasteiger partial charge is 0.326 e. The van der Waals surface area contributed by atoms with Gasteiger partial charge in [-0.3, -0.25) is 9.59 Å². The summed E-state index contributed by atoms with van der Waals surface area (Å²) >= 11 is 4.11. The van der Waals surface area contributed by atoms with Gasteiger partial charge in [0.1, 0.15) is 6.04 Å². The molecule has 2 unspecified atom stereocenters. The van der Waals surface area contributed by atoms with E-state index in [4.69, 9.17) is 10.2 Å². The molecule has 0 spiro atoms. The highest BCUT2D eigenvalue weighted by atomic mass is 32.1. The number of nitrogens with one attached hydrogen (secondary N) is 1. The van der Waals surface area contributed by atoms with Gasteiger partial charge in [0, 0.05) is 0 Å². The first-order chi connectivity index (χ1) is 8.88.